The minimum atomic E-state index is -0.161. The van der Waals surface area contributed by atoms with Crippen molar-refractivity contribution in [3.63, 3.8) is 0 Å². The van der Waals surface area contributed by atoms with Gasteiger partial charge in [0.1, 0.15) is 5.82 Å². The van der Waals surface area contributed by atoms with Gasteiger partial charge in [-0.1, -0.05) is 0 Å². The quantitative estimate of drug-likeness (QED) is 0.850. The van der Waals surface area contributed by atoms with E-state index >= 15 is 0 Å². The van der Waals surface area contributed by atoms with Crippen LogP contribution in [0.25, 0.3) is 11.3 Å². The highest BCUT2D eigenvalue weighted by Gasteiger charge is 2.23. The van der Waals surface area contributed by atoms with Crippen LogP contribution in [0.15, 0.2) is 24.5 Å². The Bertz CT molecular complexity index is 499. The summed E-state index contributed by atoms with van der Waals surface area (Å²) in [6.45, 7) is 6.22. The van der Waals surface area contributed by atoms with Gasteiger partial charge in [-0.15, -0.1) is 0 Å². The van der Waals surface area contributed by atoms with E-state index in [4.69, 9.17) is 0 Å². The second kappa shape index (κ2) is 4.30. The SMILES string of the molecule is CNC(C)(C)c1nc(-c2cccnc2)c(C)[nH]1. The number of nitrogens with one attached hydrogen (secondary N) is 2. The van der Waals surface area contributed by atoms with Crippen molar-refractivity contribution in [1.82, 2.24) is 20.3 Å². The van der Waals surface area contributed by atoms with E-state index in [2.05, 4.69) is 34.1 Å². The number of aromatic nitrogens is 3. The van der Waals surface area contributed by atoms with Crippen LogP contribution in [0.4, 0.5) is 0 Å². The molecule has 0 saturated heterocycles. The molecule has 2 aromatic heterocycles. The zero-order valence-electron chi connectivity index (χ0n) is 10.7. The molecule has 0 bridgehead atoms. The standard InChI is InChI=1S/C13H18N4/c1-9-11(10-6-5-7-15-8-10)17-12(16-9)13(2,3)14-4/h5-8,14H,1-4H3,(H,16,17). The van der Waals surface area contributed by atoms with E-state index in [1.54, 1.807) is 6.20 Å². The number of aryl methyl sites for hydroxylation is 1. The number of imidazole rings is 1. The predicted octanol–water partition coefficient (Wildman–Crippen LogP) is 2.23. The Morgan fingerprint density at radius 3 is 2.71 bits per heavy atom. The number of hydrogen-bond donors (Lipinski definition) is 2. The van der Waals surface area contributed by atoms with E-state index in [1.807, 2.05) is 32.3 Å². The van der Waals surface area contributed by atoms with Gasteiger partial charge in [0.2, 0.25) is 0 Å². The molecule has 2 aromatic rings. The van der Waals surface area contributed by atoms with Crippen molar-refractivity contribution < 1.29 is 0 Å². The second-order valence-corrected chi connectivity index (χ2v) is 4.68. The monoisotopic (exact) mass is 230 g/mol. The van der Waals surface area contributed by atoms with E-state index < -0.39 is 0 Å². The Morgan fingerprint density at radius 2 is 2.12 bits per heavy atom. The molecule has 0 spiro atoms. The number of H-pyrrole nitrogens is 1. The largest absolute Gasteiger partial charge is 0.344 e. The molecule has 0 aliphatic heterocycles. The fraction of sp³-hybridized carbons (Fsp3) is 0.385. The average molecular weight is 230 g/mol. The van der Waals surface area contributed by atoms with E-state index in [0.29, 0.717) is 0 Å². The molecule has 0 unspecified atom stereocenters. The van der Waals surface area contributed by atoms with Crippen LogP contribution in [0.3, 0.4) is 0 Å². The lowest BCUT2D eigenvalue weighted by Crippen LogP contribution is -2.34. The van der Waals surface area contributed by atoms with Crippen LogP contribution in [0.1, 0.15) is 25.4 Å². The zero-order valence-corrected chi connectivity index (χ0v) is 10.7. The highest BCUT2D eigenvalue weighted by atomic mass is 15.0. The van der Waals surface area contributed by atoms with Gasteiger partial charge >= 0.3 is 0 Å². The Morgan fingerprint density at radius 1 is 1.35 bits per heavy atom. The summed E-state index contributed by atoms with van der Waals surface area (Å²) in [5.41, 5.74) is 2.91. The topological polar surface area (TPSA) is 53.6 Å². The van der Waals surface area contributed by atoms with E-state index in [9.17, 15) is 0 Å². The number of rotatable bonds is 3. The lowest BCUT2D eigenvalue weighted by atomic mass is 10.1. The van der Waals surface area contributed by atoms with E-state index in [1.165, 1.54) is 0 Å². The molecule has 17 heavy (non-hydrogen) atoms. The fourth-order valence-corrected chi connectivity index (χ4v) is 1.66. The molecule has 2 heterocycles. The van der Waals surface area contributed by atoms with Crippen LogP contribution >= 0.6 is 0 Å². The summed E-state index contributed by atoms with van der Waals surface area (Å²) in [7, 11) is 1.93. The van der Waals surface area contributed by atoms with Crippen molar-refractivity contribution in [2.75, 3.05) is 7.05 Å². The van der Waals surface area contributed by atoms with Gasteiger partial charge in [-0.3, -0.25) is 4.98 Å². The van der Waals surface area contributed by atoms with Gasteiger partial charge in [-0.25, -0.2) is 4.98 Å². The molecule has 0 radical (unpaired) electrons. The molecule has 4 nitrogen and oxygen atoms in total. The third-order valence-electron chi connectivity index (χ3n) is 3.04. The van der Waals surface area contributed by atoms with Gasteiger partial charge in [0.05, 0.1) is 11.2 Å². The van der Waals surface area contributed by atoms with Crippen LogP contribution in [0.5, 0.6) is 0 Å². The normalized spacial score (nSPS) is 11.8. The van der Waals surface area contributed by atoms with Crippen molar-refractivity contribution in [3.8, 4) is 11.3 Å². The lowest BCUT2D eigenvalue weighted by Gasteiger charge is -2.20. The number of hydrogen-bond acceptors (Lipinski definition) is 3. The van der Waals surface area contributed by atoms with Crippen molar-refractivity contribution in [1.29, 1.82) is 0 Å². The molecule has 2 rings (SSSR count). The highest BCUT2D eigenvalue weighted by Crippen LogP contribution is 2.24. The maximum Gasteiger partial charge on any atom is 0.126 e. The Hall–Kier alpha value is -1.68. The first-order valence-electron chi connectivity index (χ1n) is 5.71. The fourth-order valence-electron chi connectivity index (χ4n) is 1.66. The number of pyridine rings is 1. The third kappa shape index (κ3) is 2.22. The second-order valence-electron chi connectivity index (χ2n) is 4.68. The summed E-state index contributed by atoms with van der Waals surface area (Å²) >= 11 is 0. The molecule has 2 N–H and O–H groups in total. The van der Waals surface area contributed by atoms with E-state index in [-0.39, 0.29) is 5.54 Å². The maximum absolute atomic E-state index is 4.66. The van der Waals surface area contributed by atoms with Gasteiger partial charge in [0, 0.05) is 23.7 Å². The predicted molar refractivity (Wildman–Crippen MR) is 68.6 cm³/mol. The van der Waals surface area contributed by atoms with Crippen LogP contribution in [-0.4, -0.2) is 22.0 Å². The van der Waals surface area contributed by atoms with Gasteiger partial charge in [-0.2, -0.15) is 0 Å². The summed E-state index contributed by atoms with van der Waals surface area (Å²) in [5, 5.41) is 3.24. The van der Waals surface area contributed by atoms with Gasteiger partial charge < -0.3 is 10.3 Å². The van der Waals surface area contributed by atoms with Crippen LogP contribution in [0, 0.1) is 6.92 Å². The summed E-state index contributed by atoms with van der Waals surface area (Å²) < 4.78 is 0. The summed E-state index contributed by atoms with van der Waals surface area (Å²) in [6.07, 6.45) is 3.60. The number of nitrogens with zero attached hydrogens (tertiary/aromatic N) is 2. The molecule has 4 heteroatoms. The van der Waals surface area contributed by atoms with Gasteiger partial charge in [-0.05, 0) is 40.0 Å². The first-order valence-corrected chi connectivity index (χ1v) is 5.71. The summed E-state index contributed by atoms with van der Waals surface area (Å²) in [5.74, 6) is 0.941. The molecule has 0 amide bonds. The summed E-state index contributed by atoms with van der Waals surface area (Å²) in [6, 6.07) is 3.94. The van der Waals surface area contributed by atoms with E-state index in [0.717, 1.165) is 22.8 Å². The molecule has 0 saturated carbocycles. The molecule has 0 aromatic carbocycles. The van der Waals surface area contributed by atoms with Gasteiger partial charge in [0.15, 0.2) is 0 Å². The first kappa shape index (κ1) is 11.8. The lowest BCUT2D eigenvalue weighted by molar-refractivity contribution is 0.420. The Balaban J connectivity index is 2.45. The van der Waals surface area contributed by atoms with Crippen molar-refractivity contribution in [2.45, 2.75) is 26.3 Å². The summed E-state index contributed by atoms with van der Waals surface area (Å²) in [4.78, 5) is 12.1. The van der Waals surface area contributed by atoms with Gasteiger partial charge in [0.25, 0.3) is 0 Å². The van der Waals surface area contributed by atoms with Crippen LogP contribution in [0.2, 0.25) is 0 Å². The van der Waals surface area contributed by atoms with Crippen LogP contribution < -0.4 is 5.32 Å². The van der Waals surface area contributed by atoms with Crippen molar-refractivity contribution >= 4 is 0 Å². The average Bonchev–Trinajstić information content (AvgIpc) is 2.73. The van der Waals surface area contributed by atoms with Crippen LogP contribution in [-0.2, 0) is 5.54 Å². The first-order chi connectivity index (χ1) is 8.04. The molecule has 0 aliphatic carbocycles. The molecule has 90 valence electrons. The smallest absolute Gasteiger partial charge is 0.126 e. The minimum Gasteiger partial charge on any atom is -0.344 e. The third-order valence-corrected chi connectivity index (χ3v) is 3.04. The molecule has 0 fully saturated rings. The Labute approximate surface area is 102 Å². The molecular formula is C13H18N4. The zero-order chi connectivity index (χ0) is 12.5. The van der Waals surface area contributed by atoms with Crippen molar-refractivity contribution in [3.05, 3.63) is 36.0 Å². The Kier molecular flexibility index (Phi) is 2.98. The number of aromatic amines is 1. The minimum absolute atomic E-state index is 0.161. The molecular weight excluding hydrogens is 212 g/mol. The molecule has 0 aliphatic rings. The highest BCUT2D eigenvalue weighted by molar-refractivity contribution is 5.60. The molecule has 0 atom stereocenters. The maximum atomic E-state index is 4.66. The van der Waals surface area contributed by atoms with Crippen molar-refractivity contribution in [2.24, 2.45) is 0 Å².